The van der Waals surface area contributed by atoms with Gasteiger partial charge in [-0.05, 0) is 11.1 Å². The molecule has 0 bridgehead atoms. The maximum Gasteiger partial charge on any atom is 0.247 e. The summed E-state index contributed by atoms with van der Waals surface area (Å²) in [6, 6.07) is 17.3. The van der Waals surface area contributed by atoms with Gasteiger partial charge in [-0.3, -0.25) is 9.59 Å². The molecule has 1 N–H and O–H groups in total. The molecule has 1 unspecified atom stereocenters. The largest absolute Gasteiger partial charge is 0.351 e. The van der Waals surface area contributed by atoms with Crippen LogP contribution in [0, 0.1) is 0 Å². The normalized spacial score (nSPS) is 12.2. The van der Waals surface area contributed by atoms with Crippen LogP contribution in [-0.4, -0.2) is 55.8 Å². The van der Waals surface area contributed by atoms with E-state index < -0.39 is 22.0 Å². The fourth-order valence-electron chi connectivity index (χ4n) is 2.88. The summed E-state index contributed by atoms with van der Waals surface area (Å²) in [6.07, 6.45) is 2.59. The summed E-state index contributed by atoms with van der Waals surface area (Å²) in [5, 5.41) is 2.75. The molecule has 2 aromatic rings. The van der Waals surface area contributed by atoms with Crippen LogP contribution in [0.25, 0.3) is 0 Å². The molecule has 7 nitrogen and oxygen atoms in total. The first-order valence-electron chi connectivity index (χ1n) is 9.42. The summed E-state index contributed by atoms with van der Waals surface area (Å²) in [6.45, 7) is 3.64. The van der Waals surface area contributed by atoms with E-state index in [1.54, 1.807) is 30.3 Å². The average molecular weight is 430 g/mol. The molecule has 2 aromatic carbocycles. The molecule has 0 saturated heterocycles. The van der Waals surface area contributed by atoms with Crippen molar-refractivity contribution in [3.63, 3.8) is 0 Å². The second kappa shape index (κ2) is 10.7. The van der Waals surface area contributed by atoms with Gasteiger partial charge in [0.05, 0.1) is 12.8 Å². The molecule has 30 heavy (non-hydrogen) atoms. The third-order valence-electron chi connectivity index (χ3n) is 4.54. The van der Waals surface area contributed by atoms with Gasteiger partial charge in [-0.1, -0.05) is 66.7 Å². The predicted molar refractivity (Wildman–Crippen MR) is 117 cm³/mol. The van der Waals surface area contributed by atoms with Crippen molar-refractivity contribution in [2.45, 2.75) is 12.6 Å². The number of nitrogens with one attached hydrogen (secondary N) is 1. The number of likely N-dealkylation sites (N-methyl/N-ethyl adjacent to an activating group) is 1. The van der Waals surface area contributed by atoms with Gasteiger partial charge in [-0.15, -0.1) is 6.58 Å². The van der Waals surface area contributed by atoms with Crippen molar-refractivity contribution in [3.05, 3.63) is 84.4 Å². The van der Waals surface area contributed by atoms with Gasteiger partial charge in [0, 0.05) is 20.1 Å². The van der Waals surface area contributed by atoms with E-state index in [0.29, 0.717) is 5.56 Å². The van der Waals surface area contributed by atoms with Gasteiger partial charge >= 0.3 is 0 Å². The molecule has 0 saturated carbocycles. The first-order valence-corrected chi connectivity index (χ1v) is 11.3. The molecule has 0 fully saturated rings. The Morgan fingerprint density at radius 2 is 1.63 bits per heavy atom. The van der Waals surface area contributed by atoms with Crippen molar-refractivity contribution in [3.8, 4) is 0 Å². The van der Waals surface area contributed by atoms with Gasteiger partial charge in [-0.25, -0.2) is 8.42 Å². The topological polar surface area (TPSA) is 86.8 Å². The number of hydrogen-bond donors (Lipinski definition) is 1. The standard InChI is InChI=1S/C22H27N3O4S/c1-4-15-23-22(27)21(19-13-9-6-10-14-19)25(16-18-11-7-5-8-12-18)20(26)17-24(2)30(3,28)29/h4-14,21H,1,15-17H2,2-3H3,(H,23,27). The SMILES string of the molecule is C=CCNC(=O)C(c1ccccc1)N(Cc1ccccc1)C(=O)CN(C)S(C)(=O)=O. The van der Waals surface area contributed by atoms with Gasteiger partial charge < -0.3 is 10.2 Å². The summed E-state index contributed by atoms with van der Waals surface area (Å²) < 4.78 is 24.6. The van der Waals surface area contributed by atoms with E-state index in [1.165, 1.54) is 11.9 Å². The smallest absolute Gasteiger partial charge is 0.247 e. The van der Waals surface area contributed by atoms with Gasteiger partial charge in [-0.2, -0.15) is 4.31 Å². The minimum atomic E-state index is -3.56. The molecule has 0 aliphatic rings. The van der Waals surface area contributed by atoms with Crippen LogP contribution in [-0.2, 0) is 26.2 Å². The van der Waals surface area contributed by atoms with Gasteiger partial charge in [0.2, 0.25) is 21.8 Å². The zero-order valence-electron chi connectivity index (χ0n) is 17.2. The van der Waals surface area contributed by atoms with E-state index in [9.17, 15) is 18.0 Å². The molecule has 8 heteroatoms. The van der Waals surface area contributed by atoms with Crippen molar-refractivity contribution >= 4 is 21.8 Å². The molecule has 2 amide bonds. The minimum Gasteiger partial charge on any atom is -0.351 e. The highest BCUT2D eigenvalue weighted by molar-refractivity contribution is 7.88. The Labute approximate surface area is 178 Å². The number of sulfonamides is 1. The lowest BCUT2D eigenvalue weighted by molar-refractivity contribution is -0.141. The molecule has 0 radical (unpaired) electrons. The Hall–Kier alpha value is -2.97. The Morgan fingerprint density at radius 3 is 2.17 bits per heavy atom. The van der Waals surface area contributed by atoms with E-state index in [4.69, 9.17) is 0 Å². The molecule has 1 atom stereocenters. The van der Waals surface area contributed by atoms with Crippen LogP contribution >= 0.6 is 0 Å². The maximum absolute atomic E-state index is 13.2. The third-order valence-corrected chi connectivity index (χ3v) is 5.80. The van der Waals surface area contributed by atoms with Crippen LogP contribution in [0.3, 0.4) is 0 Å². The molecular formula is C22H27N3O4S. The number of carbonyl (C=O) groups is 2. The van der Waals surface area contributed by atoms with Crippen molar-refractivity contribution in [2.75, 3.05) is 26.4 Å². The molecule has 0 spiro atoms. The second-order valence-corrected chi connectivity index (χ2v) is 8.96. The molecule has 160 valence electrons. The number of benzene rings is 2. The summed E-state index contributed by atoms with van der Waals surface area (Å²) in [7, 11) is -2.22. The fourth-order valence-corrected chi connectivity index (χ4v) is 3.22. The zero-order chi connectivity index (χ0) is 22.1. The fraction of sp³-hybridized carbons (Fsp3) is 0.273. The van der Waals surface area contributed by atoms with Crippen LogP contribution in [0.4, 0.5) is 0 Å². The Balaban J connectivity index is 2.46. The van der Waals surface area contributed by atoms with Crippen molar-refractivity contribution in [1.82, 2.24) is 14.5 Å². The van der Waals surface area contributed by atoms with Gasteiger partial charge in [0.1, 0.15) is 6.04 Å². The molecule has 0 heterocycles. The van der Waals surface area contributed by atoms with Crippen LogP contribution in [0.2, 0.25) is 0 Å². The zero-order valence-corrected chi connectivity index (χ0v) is 18.0. The molecular weight excluding hydrogens is 402 g/mol. The number of rotatable bonds is 10. The highest BCUT2D eigenvalue weighted by atomic mass is 32.2. The van der Waals surface area contributed by atoms with Crippen LogP contribution in [0.15, 0.2) is 73.3 Å². The number of carbonyl (C=O) groups excluding carboxylic acids is 2. The Morgan fingerprint density at radius 1 is 1.07 bits per heavy atom. The van der Waals surface area contributed by atoms with E-state index in [-0.39, 0.29) is 25.5 Å². The first kappa shape index (κ1) is 23.3. The quantitative estimate of drug-likeness (QED) is 0.585. The van der Waals surface area contributed by atoms with E-state index >= 15 is 0 Å². The van der Waals surface area contributed by atoms with Crippen LogP contribution < -0.4 is 5.32 Å². The average Bonchev–Trinajstić information content (AvgIpc) is 2.72. The van der Waals surface area contributed by atoms with Crippen molar-refractivity contribution in [1.29, 1.82) is 0 Å². The Kier molecular flexibility index (Phi) is 8.32. The van der Waals surface area contributed by atoms with Crippen molar-refractivity contribution < 1.29 is 18.0 Å². The molecule has 0 aliphatic carbocycles. The predicted octanol–water partition coefficient (Wildman–Crippen LogP) is 1.95. The molecule has 0 aliphatic heterocycles. The van der Waals surface area contributed by atoms with E-state index in [1.807, 2.05) is 36.4 Å². The second-order valence-electron chi connectivity index (χ2n) is 6.87. The van der Waals surface area contributed by atoms with E-state index in [2.05, 4.69) is 11.9 Å². The number of hydrogen-bond acceptors (Lipinski definition) is 4. The van der Waals surface area contributed by atoms with Crippen LogP contribution in [0.5, 0.6) is 0 Å². The third kappa shape index (κ3) is 6.53. The van der Waals surface area contributed by atoms with E-state index in [0.717, 1.165) is 16.1 Å². The summed E-state index contributed by atoms with van der Waals surface area (Å²) in [5.41, 5.74) is 1.45. The monoisotopic (exact) mass is 429 g/mol. The minimum absolute atomic E-state index is 0.151. The summed E-state index contributed by atoms with van der Waals surface area (Å²) >= 11 is 0. The highest BCUT2D eigenvalue weighted by Crippen LogP contribution is 2.24. The van der Waals surface area contributed by atoms with Crippen molar-refractivity contribution in [2.24, 2.45) is 0 Å². The lowest BCUT2D eigenvalue weighted by Gasteiger charge is -2.32. The number of nitrogens with zero attached hydrogens (tertiary/aromatic N) is 2. The summed E-state index contributed by atoms with van der Waals surface area (Å²) in [4.78, 5) is 27.7. The summed E-state index contributed by atoms with van der Waals surface area (Å²) in [5.74, 6) is -0.846. The lowest BCUT2D eigenvalue weighted by atomic mass is 10.0. The van der Waals surface area contributed by atoms with Gasteiger partial charge in [0.15, 0.2) is 0 Å². The first-order chi connectivity index (χ1) is 14.2. The molecule has 0 aromatic heterocycles. The van der Waals surface area contributed by atoms with Gasteiger partial charge in [0.25, 0.3) is 0 Å². The lowest BCUT2D eigenvalue weighted by Crippen LogP contribution is -2.47. The van der Waals surface area contributed by atoms with Crippen LogP contribution in [0.1, 0.15) is 17.2 Å². The maximum atomic E-state index is 13.2. The highest BCUT2D eigenvalue weighted by Gasteiger charge is 2.32. The number of amides is 2. The Bertz CT molecular complexity index is 962. The molecule has 2 rings (SSSR count).